The van der Waals surface area contributed by atoms with Crippen LogP contribution in [0.4, 0.5) is 0 Å². The molecule has 1 aliphatic rings. The van der Waals surface area contributed by atoms with Crippen LogP contribution in [0.2, 0.25) is 0 Å². The standard InChI is InChI=1S/C9H8ClNO2S/c10-8-5-4-7-6(8)2-1-3-9(7)14(11,12)13/h1-3,5H,4H2,(H2,11,12,13). The average molecular weight is 230 g/mol. The second-order valence-electron chi connectivity index (χ2n) is 3.08. The monoisotopic (exact) mass is 229 g/mol. The van der Waals surface area contributed by atoms with E-state index in [4.69, 9.17) is 16.7 Å². The van der Waals surface area contributed by atoms with E-state index in [0.717, 1.165) is 5.56 Å². The van der Waals surface area contributed by atoms with E-state index in [2.05, 4.69) is 0 Å². The van der Waals surface area contributed by atoms with Crippen LogP contribution in [0.3, 0.4) is 0 Å². The zero-order chi connectivity index (χ0) is 10.3. The summed E-state index contributed by atoms with van der Waals surface area (Å²) in [5, 5.41) is 5.67. The molecule has 14 heavy (non-hydrogen) atoms. The van der Waals surface area contributed by atoms with Crippen molar-refractivity contribution in [2.24, 2.45) is 5.14 Å². The highest BCUT2D eigenvalue weighted by Gasteiger charge is 2.20. The van der Waals surface area contributed by atoms with E-state index in [-0.39, 0.29) is 4.90 Å². The van der Waals surface area contributed by atoms with Gasteiger partial charge in [0.1, 0.15) is 0 Å². The molecule has 0 aromatic heterocycles. The van der Waals surface area contributed by atoms with Crippen molar-refractivity contribution in [2.45, 2.75) is 11.3 Å². The molecule has 0 spiro atoms. The SMILES string of the molecule is NS(=O)(=O)c1cccc2c1CC=C2Cl. The molecule has 5 heteroatoms. The first-order valence-electron chi connectivity index (χ1n) is 4.01. The number of rotatable bonds is 1. The topological polar surface area (TPSA) is 60.2 Å². The Morgan fingerprint density at radius 2 is 2.07 bits per heavy atom. The molecule has 0 amide bonds. The summed E-state index contributed by atoms with van der Waals surface area (Å²) in [5.41, 5.74) is 1.46. The van der Waals surface area contributed by atoms with Gasteiger partial charge < -0.3 is 0 Å². The normalized spacial score (nSPS) is 15.1. The van der Waals surface area contributed by atoms with Crippen molar-refractivity contribution in [2.75, 3.05) is 0 Å². The molecule has 2 rings (SSSR count). The summed E-state index contributed by atoms with van der Waals surface area (Å²) in [5.74, 6) is 0. The van der Waals surface area contributed by atoms with Gasteiger partial charge in [-0.15, -0.1) is 0 Å². The number of fused-ring (bicyclic) bond motifs is 1. The predicted molar refractivity (Wildman–Crippen MR) is 55.3 cm³/mol. The fraction of sp³-hybridized carbons (Fsp3) is 0.111. The highest BCUT2D eigenvalue weighted by molar-refractivity contribution is 7.89. The number of nitrogens with two attached hydrogens (primary N) is 1. The summed E-state index contributed by atoms with van der Waals surface area (Å²) < 4.78 is 22.4. The Balaban J connectivity index is 2.70. The Labute approximate surface area is 87.2 Å². The lowest BCUT2D eigenvalue weighted by molar-refractivity contribution is 0.597. The van der Waals surface area contributed by atoms with Gasteiger partial charge in [-0.3, -0.25) is 0 Å². The Morgan fingerprint density at radius 1 is 1.36 bits per heavy atom. The number of sulfonamides is 1. The minimum atomic E-state index is -3.64. The molecule has 74 valence electrons. The van der Waals surface area contributed by atoms with Gasteiger partial charge in [-0.25, -0.2) is 13.6 Å². The molecule has 3 nitrogen and oxygen atoms in total. The van der Waals surface area contributed by atoms with Gasteiger partial charge in [-0.2, -0.15) is 0 Å². The van der Waals surface area contributed by atoms with Gasteiger partial charge >= 0.3 is 0 Å². The van der Waals surface area contributed by atoms with Gasteiger partial charge in [0.15, 0.2) is 0 Å². The van der Waals surface area contributed by atoms with E-state index in [9.17, 15) is 8.42 Å². The Morgan fingerprint density at radius 3 is 2.71 bits per heavy atom. The maximum Gasteiger partial charge on any atom is 0.238 e. The molecular weight excluding hydrogens is 222 g/mol. The highest BCUT2D eigenvalue weighted by Crippen LogP contribution is 2.33. The zero-order valence-corrected chi connectivity index (χ0v) is 8.77. The van der Waals surface area contributed by atoms with Gasteiger partial charge in [0.05, 0.1) is 4.90 Å². The fourth-order valence-electron chi connectivity index (χ4n) is 1.57. The molecule has 0 unspecified atom stereocenters. The molecule has 1 aromatic rings. The van der Waals surface area contributed by atoms with Crippen LogP contribution >= 0.6 is 11.6 Å². The second kappa shape index (κ2) is 3.08. The number of primary sulfonamides is 1. The number of allylic oxidation sites excluding steroid dienone is 1. The van der Waals surface area contributed by atoms with Crippen molar-refractivity contribution in [3.05, 3.63) is 35.4 Å². The summed E-state index contributed by atoms with van der Waals surface area (Å²) in [6, 6.07) is 4.92. The van der Waals surface area contributed by atoms with Gasteiger partial charge in [0, 0.05) is 5.03 Å². The van der Waals surface area contributed by atoms with Gasteiger partial charge in [0.2, 0.25) is 10.0 Å². The van der Waals surface area contributed by atoms with E-state index in [0.29, 0.717) is 17.0 Å². The molecule has 0 heterocycles. The van der Waals surface area contributed by atoms with Crippen LogP contribution < -0.4 is 5.14 Å². The maximum absolute atomic E-state index is 11.2. The van der Waals surface area contributed by atoms with Gasteiger partial charge in [-0.05, 0) is 23.6 Å². The minimum absolute atomic E-state index is 0.168. The minimum Gasteiger partial charge on any atom is -0.225 e. The van der Waals surface area contributed by atoms with Crippen molar-refractivity contribution in [1.82, 2.24) is 0 Å². The molecule has 0 fully saturated rings. The fourth-order valence-corrected chi connectivity index (χ4v) is 2.63. The molecule has 0 atom stereocenters. The molecule has 0 aliphatic heterocycles. The lowest BCUT2D eigenvalue weighted by Crippen LogP contribution is -2.14. The predicted octanol–water partition coefficient (Wildman–Crippen LogP) is 1.47. The molecule has 1 aromatic carbocycles. The van der Waals surface area contributed by atoms with Crippen LogP contribution in [-0.2, 0) is 16.4 Å². The number of halogens is 1. The zero-order valence-electron chi connectivity index (χ0n) is 7.20. The first-order chi connectivity index (χ1) is 6.50. The van der Waals surface area contributed by atoms with Crippen molar-refractivity contribution in [1.29, 1.82) is 0 Å². The van der Waals surface area contributed by atoms with Crippen molar-refractivity contribution in [3.63, 3.8) is 0 Å². The molecule has 0 saturated heterocycles. The summed E-state index contributed by atoms with van der Waals surface area (Å²) in [6.45, 7) is 0. The first-order valence-corrected chi connectivity index (χ1v) is 5.93. The van der Waals surface area contributed by atoms with Crippen molar-refractivity contribution in [3.8, 4) is 0 Å². The highest BCUT2D eigenvalue weighted by atomic mass is 35.5. The maximum atomic E-state index is 11.2. The molecule has 1 aliphatic carbocycles. The van der Waals surface area contributed by atoms with Crippen LogP contribution in [0.15, 0.2) is 29.2 Å². The summed E-state index contributed by atoms with van der Waals surface area (Å²) in [6.07, 6.45) is 2.31. The van der Waals surface area contributed by atoms with E-state index in [1.807, 2.05) is 0 Å². The molecule has 0 radical (unpaired) electrons. The van der Waals surface area contributed by atoms with Crippen molar-refractivity contribution >= 4 is 26.7 Å². The van der Waals surface area contributed by atoms with E-state index < -0.39 is 10.0 Å². The summed E-state index contributed by atoms with van der Waals surface area (Å²) in [7, 11) is -3.64. The number of benzene rings is 1. The number of hydrogen-bond donors (Lipinski definition) is 1. The largest absolute Gasteiger partial charge is 0.238 e. The molecule has 0 saturated carbocycles. The van der Waals surface area contributed by atoms with Gasteiger partial charge in [-0.1, -0.05) is 29.8 Å². The Kier molecular flexibility index (Phi) is 2.14. The van der Waals surface area contributed by atoms with Gasteiger partial charge in [0.25, 0.3) is 0 Å². The first kappa shape index (κ1) is 9.71. The summed E-state index contributed by atoms with van der Waals surface area (Å²) in [4.78, 5) is 0.168. The van der Waals surface area contributed by atoms with Crippen LogP contribution in [0, 0.1) is 0 Å². The Hall–Kier alpha value is -0.840. The van der Waals surface area contributed by atoms with Crippen LogP contribution in [0.5, 0.6) is 0 Å². The third-order valence-corrected chi connectivity index (χ3v) is 3.54. The average Bonchev–Trinajstić information content (AvgIpc) is 2.46. The van der Waals surface area contributed by atoms with Crippen LogP contribution in [0.25, 0.3) is 5.03 Å². The molecule has 0 bridgehead atoms. The lowest BCUT2D eigenvalue weighted by Gasteiger charge is -2.05. The van der Waals surface area contributed by atoms with E-state index in [1.165, 1.54) is 6.07 Å². The molecular formula is C9H8ClNO2S. The quantitative estimate of drug-likeness (QED) is 0.793. The van der Waals surface area contributed by atoms with E-state index >= 15 is 0 Å². The smallest absolute Gasteiger partial charge is 0.225 e. The molecule has 2 N–H and O–H groups in total. The van der Waals surface area contributed by atoms with Crippen molar-refractivity contribution < 1.29 is 8.42 Å². The third kappa shape index (κ3) is 1.45. The second-order valence-corrected chi connectivity index (χ2v) is 5.02. The number of hydrogen-bond acceptors (Lipinski definition) is 2. The Bertz CT molecular complexity index is 520. The van der Waals surface area contributed by atoms with E-state index in [1.54, 1.807) is 18.2 Å². The summed E-state index contributed by atoms with van der Waals surface area (Å²) >= 11 is 5.89. The van der Waals surface area contributed by atoms with Crippen LogP contribution in [-0.4, -0.2) is 8.42 Å². The third-order valence-electron chi connectivity index (χ3n) is 2.18. The van der Waals surface area contributed by atoms with Crippen LogP contribution in [0.1, 0.15) is 11.1 Å². The lowest BCUT2D eigenvalue weighted by atomic mass is 10.1.